The molecule has 2 fully saturated rings. The summed E-state index contributed by atoms with van der Waals surface area (Å²) in [6.45, 7) is 1.09. The molecule has 2 saturated heterocycles. The van der Waals surface area contributed by atoms with Gasteiger partial charge in [-0.1, -0.05) is 30.3 Å². The normalized spacial score (nSPS) is 27.1. The highest BCUT2D eigenvalue weighted by molar-refractivity contribution is 5.30. The summed E-state index contributed by atoms with van der Waals surface area (Å²) < 4.78 is 0. The highest BCUT2D eigenvalue weighted by Crippen LogP contribution is 2.38. The molecule has 2 unspecified atom stereocenters. The van der Waals surface area contributed by atoms with Crippen LogP contribution in [0, 0.1) is 0 Å². The molecule has 2 aromatic rings. The Hall–Kier alpha value is -1.94. The molecule has 4 rings (SSSR count). The summed E-state index contributed by atoms with van der Waals surface area (Å²) in [6, 6.07) is 14.7. The Morgan fingerprint density at radius 3 is 2.30 bits per heavy atom. The first-order valence-corrected chi connectivity index (χ1v) is 8.61. The Kier molecular flexibility index (Phi) is 4.00. The Balaban J connectivity index is 1.45. The minimum atomic E-state index is 0.557. The molecule has 0 N–H and O–H groups in total. The van der Waals surface area contributed by atoms with Gasteiger partial charge in [-0.2, -0.15) is 0 Å². The second-order valence-electron chi connectivity index (χ2n) is 6.83. The van der Waals surface area contributed by atoms with Crippen molar-refractivity contribution in [3.8, 4) is 0 Å². The van der Waals surface area contributed by atoms with Gasteiger partial charge in [-0.15, -0.1) is 0 Å². The highest BCUT2D eigenvalue weighted by Gasteiger charge is 2.41. The van der Waals surface area contributed by atoms with Crippen LogP contribution in [0.2, 0.25) is 0 Å². The van der Waals surface area contributed by atoms with E-state index < -0.39 is 0 Å². The summed E-state index contributed by atoms with van der Waals surface area (Å²) in [5.74, 6) is 0.855. The third-order valence-electron chi connectivity index (χ3n) is 5.48. The number of rotatable bonds is 4. The van der Waals surface area contributed by atoms with Crippen molar-refractivity contribution in [1.29, 1.82) is 0 Å². The lowest BCUT2D eigenvalue weighted by Crippen LogP contribution is -2.49. The zero-order valence-electron chi connectivity index (χ0n) is 13.7. The van der Waals surface area contributed by atoms with Gasteiger partial charge in [0, 0.05) is 44.1 Å². The van der Waals surface area contributed by atoms with Gasteiger partial charge in [0.1, 0.15) is 0 Å². The highest BCUT2D eigenvalue weighted by atomic mass is 15.3. The molecule has 1 aromatic heterocycles. The van der Waals surface area contributed by atoms with Crippen LogP contribution in [0.3, 0.4) is 0 Å². The van der Waals surface area contributed by atoms with Gasteiger partial charge in [-0.25, -0.2) is 9.97 Å². The number of hydrogen-bond donors (Lipinski definition) is 0. The predicted molar refractivity (Wildman–Crippen MR) is 92.3 cm³/mol. The van der Waals surface area contributed by atoms with Gasteiger partial charge in [0.2, 0.25) is 5.95 Å². The number of aromatic nitrogens is 2. The minimum absolute atomic E-state index is 0.557. The van der Waals surface area contributed by atoms with Crippen LogP contribution in [0.15, 0.2) is 48.8 Å². The van der Waals surface area contributed by atoms with E-state index in [-0.39, 0.29) is 0 Å². The largest absolute Gasteiger partial charge is 0.341 e. The lowest BCUT2D eigenvalue weighted by atomic mass is 9.95. The lowest BCUT2D eigenvalue weighted by molar-refractivity contribution is 0.118. The number of hydrogen-bond acceptors (Lipinski definition) is 4. The van der Waals surface area contributed by atoms with Gasteiger partial charge in [-0.05, 0) is 37.3 Å². The molecule has 2 aliphatic rings. The van der Waals surface area contributed by atoms with E-state index in [1.165, 1.54) is 31.2 Å². The summed E-state index contributed by atoms with van der Waals surface area (Å²) in [5.41, 5.74) is 1.43. The van der Waals surface area contributed by atoms with Crippen molar-refractivity contribution < 1.29 is 0 Å². The monoisotopic (exact) mass is 308 g/mol. The van der Waals surface area contributed by atoms with E-state index >= 15 is 0 Å². The van der Waals surface area contributed by atoms with Gasteiger partial charge >= 0.3 is 0 Å². The van der Waals surface area contributed by atoms with E-state index in [2.05, 4.69) is 57.1 Å². The molecule has 2 aliphatic heterocycles. The van der Waals surface area contributed by atoms with Crippen molar-refractivity contribution in [1.82, 2.24) is 14.9 Å². The molecule has 2 bridgehead atoms. The molecule has 0 saturated carbocycles. The van der Waals surface area contributed by atoms with Crippen LogP contribution >= 0.6 is 0 Å². The zero-order valence-corrected chi connectivity index (χ0v) is 13.7. The summed E-state index contributed by atoms with van der Waals surface area (Å²) in [7, 11) is 2.15. The summed E-state index contributed by atoms with van der Waals surface area (Å²) >= 11 is 0. The number of benzene rings is 1. The van der Waals surface area contributed by atoms with Crippen LogP contribution in [-0.4, -0.2) is 40.0 Å². The van der Waals surface area contributed by atoms with E-state index in [0.29, 0.717) is 18.1 Å². The van der Waals surface area contributed by atoms with E-state index in [1.54, 1.807) is 0 Å². The van der Waals surface area contributed by atoms with Gasteiger partial charge in [0.25, 0.3) is 0 Å². The van der Waals surface area contributed by atoms with Crippen LogP contribution in [0.5, 0.6) is 0 Å². The Morgan fingerprint density at radius 2 is 1.65 bits per heavy atom. The van der Waals surface area contributed by atoms with Crippen LogP contribution < -0.4 is 4.90 Å². The van der Waals surface area contributed by atoms with Crippen molar-refractivity contribution in [2.24, 2.45) is 0 Å². The van der Waals surface area contributed by atoms with Gasteiger partial charge in [0.15, 0.2) is 0 Å². The average molecular weight is 308 g/mol. The molecular formula is C19H24N4. The maximum Gasteiger partial charge on any atom is 0.225 e. The molecule has 0 spiro atoms. The summed E-state index contributed by atoms with van der Waals surface area (Å²) in [4.78, 5) is 13.8. The Labute approximate surface area is 138 Å². The Bertz CT molecular complexity index is 616. The van der Waals surface area contributed by atoms with E-state index in [1.807, 2.05) is 18.5 Å². The number of piperidine rings is 1. The number of anilines is 1. The molecular weight excluding hydrogens is 284 g/mol. The van der Waals surface area contributed by atoms with Crippen molar-refractivity contribution in [2.75, 3.05) is 11.9 Å². The number of fused-ring (bicyclic) bond motifs is 2. The van der Waals surface area contributed by atoms with Crippen molar-refractivity contribution in [3.05, 3.63) is 54.4 Å². The van der Waals surface area contributed by atoms with Crippen molar-refractivity contribution in [3.63, 3.8) is 0 Å². The maximum absolute atomic E-state index is 4.41. The van der Waals surface area contributed by atoms with Crippen molar-refractivity contribution in [2.45, 2.75) is 50.4 Å². The van der Waals surface area contributed by atoms with E-state index in [0.717, 1.165) is 12.5 Å². The van der Waals surface area contributed by atoms with Crippen LogP contribution in [0.4, 0.5) is 5.95 Å². The number of nitrogens with zero attached hydrogens (tertiary/aromatic N) is 4. The summed E-state index contributed by atoms with van der Waals surface area (Å²) in [5, 5.41) is 0. The molecule has 120 valence electrons. The van der Waals surface area contributed by atoms with Gasteiger partial charge < -0.3 is 4.90 Å². The van der Waals surface area contributed by atoms with Crippen LogP contribution in [-0.2, 0) is 6.54 Å². The van der Waals surface area contributed by atoms with Gasteiger partial charge in [-0.3, -0.25) is 4.90 Å². The minimum Gasteiger partial charge on any atom is -0.341 e. The van der Waals surface area contributed by atoms with Crippen LogP contribution in [0.1, 0.15) is 31.2 Å². The molecule has 4 nitrogen and oxygen atoms in total. The van der Waals surface area contributed by atoms with E-state index in [9.17, 15) is 0 Å². The molecule has 2 atom stereocenters. The second-order valence-corrected chi connectivity index (χ2v) is 6.83. The summed E-state index contributed by atoms with van der Waals surface area (Å²) in [6.07, 6.45) is 8.76. The van der Waals surface area contributed by atoms with Crippen LogP contribution in [0.25, 0.3) is 0 Å². The zero-order chi connectivity index (χ0) is 15.6. The third-order valence-corrected chi connectivity index (χ3v) is 5.48. The molecule has 0 aliphatic carbocycles. The average Bonchev–Trinajstić information content (AvgIpc) is 2.84. The molecule has 4 heteroatoms. The fraction of sp³-hybridized carbons (Fsp3) is 0.474. The first-order chi connectivity index (χ1) is 11.3. The first-order valence-electron chi connectivity index (χ1n) is 8.61. The second kappa shape index (κ2) is 6.28. The third kappa shape index (κ3) is 2.95. The van der Waals surface area contributed by atoms with E-state index in [4.69, 9.17) is 0 Å². The fourth-order valence-corrected chi connectivity index (χ4v) is 4.25. The molecule has 0 amide bonds. The lowest BCUT2D eigenvalue weighted by Gasteiger charge is -2.42. The standard InChI is InChI=1S/C19H24N4/c1-22(19-20-10-5-11-21-19)18-12-16-8-9-17(13-18)23(16)14-15-6-3-2-4-7-15/h2-7,10-11,16-18H,8-9,12-14H2,1H3. The van der Waals surface area contributed by atoms with Crippen molar-refractivity contribution >= 4 is 5.95 Å². The maximum atomic E-state index is 4.41. The molecule has 23 heavy (non-hydrogen) atoms. The first kappa shape index (κ1) is 14.6. The quantitative estimate of drug-likeness (QED) is 0.869. The SMILES string of the molecule is CN(c1ncccn1)C1CC2CCC(C1)N2Cc1ccccc1. The molecule has 1 aromatic carbocycles. The van der Waals surface area contributed by atoms with Gasteiger partial charge in [0.05, 0.1) is 0 Å². The predicted octanol–water partition coefficient (Wildman–Crippen LogP) is 3.11. The topological polar surface area (TPSA) is 32.3 Å². The smallest absolute Gasteiger partial charge is 0.225 e. The molecule has 0 radical (unpaired) electrons. The fourth-order valence-electron chi connectivity index (χ4n) is 4.25. The Morgan fingerprint density at radius 1 is 1.00 bits per heavy atom. The molecule has 3 heterocycles.